The minimum atomic E-state index is -0.499. The van der Waals surface area contributed by atoms with Gasteiger partial charge in [0.2, 0.25) is 0 Å². The monoisotopic (exact) mass is 317 g/mol. The summed E-state index contributed by atoms with van der Waals surface area (Å²) < 4.78 is 28.5. The van der Waals surface area contributed by atoms with Gasteiger partial charge >= 0.3 is 0 Å². The van der Waals surface area contributed by atoms with Crippen LogP contribution in [0.25, 0.3) is 5.57 Å². The SMILES string of the molecule is CC(C)C=CC(C(C)C)C1CC(F)=CC(F)=C1c1ccccn1. The maximum Gasteiger partial charge on any atom is 0.131 e. The van der Waals surface area contributed by atoms with Crippen molar-refractivity contribution in [1.82, 2.24) is 4.98 Å². The second-order valence-electron chi connectivity index (χ2n) is 6.83. The number of rotatable bonds is 5. The Balaban J connectivity index is 2.47. The predicted molar refractivity (Wildman–Crippen MR) is 91.9 cm³/mol. The molecule has 0 radical (unpaired) electrons. The molecule has 0 aromatic carbocycles. The highest BCUT2D eigenvalue weighted by atomic mass is 19.1. The lowest BCUT2D eigenvalue weighted by Gasteiger charge is -2.32. The van der Waals surface area contributed by atoms with E-state index >= 15 is 0 Å². The second-order valence-corrected chi connectivity index (χ2v) is 6.83. The summed E-state index contributed by atoms with van der Waals surface area (Å²) in [7, 11) is 0. The number of halogens is 2. The first-order valence-corrected chi connectivity index (χ1v) is 8.25. The van der Waals surface area contributed by atoms with Crippen LogP contribution in [-0.2, 0) is 0 Å². The molecule has 0 fully saturated rings. The van der Waals surface area contributed by atoms with Crippen molar-refractivity contribution >= 4 is 5.57 Å². The lowest BCUT2D eigenvalue weighted by molar-refractivity contribution is 0.343. The molecule has 3 heteroatoms. The number of hydrogen-bond acceptors (Lipinski definition) is 1. The number of pyridine rings is 1. The third-order valence-electron chi connectivity index (χ3n) is 4.22. The molecule has 0 aliphatic heterocycles. The van der Waals surface area contributed by atoms with Crippen molar-refractivity contribution in [3.05, 3.63) is 60.0 Å². The van der Waals surface area contributed by atoms with Crippen LogP contribution in [0.15, 0.2) is 54.3 Å². The molecule has 0 saturated carbocycles. The van der Waals surface area contributed by atoms with E-state index in [0.29, 0.717) is 17.2 Å². The van der Waals surface area contributed by atoms with Crippen molar-refractivity contribution in [3.8, 4) is 0 Å². The van der Waals surface area contributed by atoms with Crippen LogP contribution in [0.1, 0.15) is 39.8 Å². The van der Waals surface area contributed by atoms with Gasteiger partial charge in [0.25, 0.3) is 0 Å². The van der Waals surface area contributed by atoms with Gasteiger partial charge in [-0.3, -0.25) is 4.98 Å². The molecule has 124 valence electrons. The highest BCUT2D eigenvalue weighted by Crippen LogP contribution is 2.43. The van der Waals surface area contributed by atoms with Crippen molar-refractivity contribution < 1.29 is 8.78 Å². The number of allylic oxidation sites excluding steroid dienone is 6. The van der Waals surface area contributed by atoms with Crippen molar-refractivity contribution in [3.63, 3.8) is 0 Å². The molecule has 0 spiro atoms. The summed E-state index contributed by atoms with van der Waals surface area (Å²) in [6.07, 6.45) is 7.12. The highest BCUT2D eigenvalue weighted by Gasteiger charge is 2.33. The van der Waals surface area contributed by atoms with Crippen LogP contribution in [0.3, 0.4) is 0 Å². The first-order chi connectivity index (χ1) is 10.9. The molecule has 1 aromatic rings. The zero-order chi connectivity index (χ0) is 17.0. The van der Waals surface area contributed by atoms with E-state index in [4.69, 9.17) is 0 Å². The largest absolute Gasteiger partial charge is 0.256 e. The smallest absolute Gasteiger partial charge is 0.131 e. The topological polar surface area (TPSA) is 12.9 Å². The van der Waals surface area contributed by atoms with Crippen molar-refractivity contribution in [2.24, 2.45) is 23.7 Å². The normalized spacial score (nSPS) is 20.5. The standard InChI is InChI=1S/C20H25F2N/c1-13(2)8-9-16(14(3)4)17-11-15(21)12-18(22)20(17)19-7-5-6-10-23-19/h5-10,12-14,16-17H,11H2,1-4H3. The van der Waals surface area contributed by atoms with E-state index in [1.807, 2.05) is 6.07 Å². The Morgan fingerprint density at radius 3 is 2.43 bits per heavy atom. The summed E-state index contributed by atoms with van der Waals surface area (Å²) >= 11 is 0. The van der Waals surface area contributed by atoms with Gasteiger partial charge in [0.15, 0.2) is 0 Å². The molecule has 0 N–H and O–H groups in total. The van der Waals surface area contributed by atoms with Gasteiger partial charge in [0.1, 0.15) is 11.7 Å². The number of aromatic nitrogens is 1. The Morgan fingerprint density at radius 1 is 1.13 bits per heavy atom. The van der Waals surface area contributed by atoms with Gasteiger partial charge in [0, 0.05) is 30.2 Å². The summed E-state index contributed by atoms with van der Waals surface area (Å²) in [6.45, 7) is 8.40. The Kier molecular flexibility index (Phi) is 5.86. The minimum Gasteiger partial charge on any atom is -0.256 e. The molecule has 1 heterocycles. The van der Waals surface area contributed by atoms with Gasteiger partial charge in [-0.05, 0) is 29.9 Å². The van der Waals surface area contributed by atoms with E-state index < -0.39 is 11.7 Å². The molecule has 1 aliphatic rings. The molecule has 2 rings (SSSR count). The van der Waals surface area contributed by atoms with Gasteiger partial charge in [-0.15, -0.1) is 0 Å². The lowest BCUT2D eigenvalue weighted by atomic mass is 9.73. The second kappa shape index (κ2) is 7.67. The maximum absolute atomic E-state index is 14.6. The van der Waals surface area contributed by atoms with E-state index in [-0.39, 0.29) is 24.2 Å². The Bertz CT molecular complexity index is 612. The molecular weight excluding hydrogens is 292 g/mol. The number of hydrogen-bond donors (Lipinski definition) is 0. The fourth-order valence-corrected chi connectivity index (χ4v) is 3.10. The molecule has 0 amide bonds. The summed E-state index contributed by atoms with van der Waals surface area (Å²) in [5, 5.41) is 0. The average molecular weight is 317 g/mol. The molecule has 0 saturated heterocycles. The van der Waals surface area contributed by atoms with Crippen LogP contribution < -0.4 is 0 Å². The third kappa shape index (κ3) is 4.37. The molecule has 1 nitrogen and oxygen atoms in total. The van der Waals surface area contributed by atoms with E-state index in [1.165, 1.54) is 0 Å². The molecule has 1 aliphatic carbocycles. The van der Waals surface area contributed by atoms with Crippen LogP contribution in [0, 0.1) is 23.7 Å². The van der Waals surface area contributed by atoms with E-state index in [9.17, 15) is 8.78 Å². The molecule has 2 unspecified atom stereocenters. The zero-order valence-electron chi connectivity index (χ0n) is 14.3. The van der Waals surface area contributed by atoms with Crippen LogP contribution in [0.4, 0.5) is 8.78 Å². The van der Waals surface area contributed by atoms with Crippen LogP contribution in [0.2, 0.25) is 0 Å². The highest BCUT2D eigenvalue weighted by molar-refractivity contribution is 5.71. The van der Waals surface area contributed by atoms with Gasteiger partial charge in [0.05, 0.1) is 5.69 Å². The minimum absolute atomic E-state index is 0.0691. The number of nitrogens with zero attached hydrogens (tertiary/aromatic N) is 1. The average Bonchev–Trinajstić information content (AvgIpc) is 2.47. The van der Waals surface area contributed by atoms with Crippen LogP contribution in [0.5, 0.6) is 0 Å². The molecule has 0 bridgehead atoms. The molecule has 23 heavy (non-hydrogen) atoms. The fourth-order valence-electron chi connectivity index (χ4n) is 3.10. The Hall–Kier alpha value is -1.77. The lowest BCUT2D eigenvalue weighted by Crippen LogP contribution is -2.23. The zero-order valence-corrected chi connectivity index (χ0v) is 14.3. The quantitative estimate of drug-likeness (QED) is 0.596. The van der Waals surface area contributed by atoms with Crippen molar-refractivity contribution in [2.75, 3.05) is 0 Å². The molecular formula is C20H25F2N. The summed E-state index contributed by atoms with van der Waals surface area (Å²) in [6, 6.07) is 5.43. The summed E-state index contributed by atoms with van der Waals surface area (Å²) in [5.74, 6) is -0.360. The fraction of sp³-hybridized carbons (Fsp3) is 0.450. The van der Waals surface area contributed by atoms with Gasteiger partial charge in [-0.25, -0.2) is 8.78 Å². The third-order valence-corrected chi connectivity index (χ3v) is 4.22. The van der Waals surface area contributed by atoms with Crippen LogP contribution in [-0.4, -0.2) is 4.98 Å². The van der Waals surface area contributed by atoms with E-state index in [0.717, 1.165) is 6.08 Å². The van der Waals surface area contributed by atoms with Crippen molar-refractivity contribution in [2.45, 2.75) is 34.1 Å². The van der Waals surface area contributed by atoms with E-state index in [1.54, 1.807) is 18.3 Å². The van der Waals surface area contributed by atoms with Crippen LogP contribution >= 0.6 is 0 Å². The van der Waals surface area contributed by atoms with Gasteiger partial charge < -0.3 is 0 Å². The predicted octanol–water partition coefficient (Wildman–Crippen LogP) is 6.12. The molecule has 1 aromatic heterocycles. The summed E-state index contributed by atoms with van der Waals surface area (Å²) in [5.41, 5.74) is 1.13. The van der Waals surface area contributed by atoms with E-state index in [2.05, 4.69) is 44.8 Å². The maximum atomic E-state index is 14.6. The Labute approximate surface area is 137 Å². The van der Waals surface area contributed by atoms with Crippen molar-refractivity contribution in [1.29, 1.82) is 0 Å². The summed E-state index contributed by atoms with van der Waals surface area (Å²) in [4.78, 5) is 4.29. The molecule has 2 atom stereocenters. The van der Waals surface area contributed by atoms with Gasteiger partial charge in [-0.1, -0.05) is 45.9 Å². The Morgan fingerprint density at radius 2 is 1.87 bits per heavy atom. The first-order valence-electron chi connectivity index (χ1n) is 8.25. The first kappa shape index (κ1) is 17.6. The van der Waals surface area contributed by atoms with Gasteiger partial charge in [-0.2, -0.15) is 0 Å².